The Labute approximate surface area is 110 Å². The highest BCUT2D eigenvalue weighted by Gasteiger charge is 2.66. The minimum atomic E-state index is -5.25. The number of halogens is 3. The van der Waals surface area contributed by atoms with Gasteiger partial charge in [-0.1, -0.05) is 6.08 Å². The van der Waals surface area contributed by atoms with Gasteiger partial charge in [0.05, 0.1) is 12.2 Å². The van der Waals surface area contributed by atoms with Gasteiger partial charge in [-0.2, -0.15) is 13.2 Å². The largest absolute Gasteiger partial charge is 0.464 e. The highest BCUT2D eigenvalue weighted by atomic mass is 19.4. The van der Waals surface area contributed by atoms with Gasteiger partial charge in [0.2, 0.25) is 0 Å². The maximum Gasteiger partial charge on any atom is 0.431 e. The summed E-state index contributed by atoms with van der Waals surface area (Å²) in [6.07, 6.45) is -6.48. The fraction of sp³-hybridized carbons (Fsp3) is 0.750. The third-order valence-electron chi connectivity index (χ3n) is 2.13. The summed E-state index contributed by atoms with van der Waals surface area (Å²) in [4.78, 5) is 11.5. The maximum atomic E-state index is 13.0. The second kappa shape index (κ2) is 5.92. The highest BCUT2D eigenvalue weighted by molar-refractivity contribution is 5.81. The van der Waals surface area contributed by atoms with E-state index in [1.165, 1.54) is 27.7 Å². The number of esters is 1. The van der Waals surface area contributed by atoms with Crippen LogP contribution in [0.15, 0.2) is 12.7 Å². The van der Waals surface area contributed by atoms with Crippen LogP contribution in [0, 0.1) is 0 Å². The Morgan fingerprint density at radius 3 is 2.11 bits per heavy atom. The molecule has 0 aromatic rings. The van der Waals surface area contributed by atoms with E-state index in [4.69, 9.17) is 4.74 Å². The fourth-order valence-electron chi connectivity index (χ4n) is 1.32. The number of carbonyl (C=O) groups excluding carboxylic acids is 1. The SMILES string of the molecule is C=CC(OC(C)(C)C)C(O)(C(=O)OCC)C(F)(F)F. The van der Waals surface area contributed by atoms with Crippen molar-refractivity contribution in [1.29, 1.82) is 0 Å². The van der Waals surface area contributed by atoms with Gasteiger partial charge in [-0.3, -0.25) is 0 Å². The van der Waals surface area contributed by atoms with Crippen molar-refractivity contribution in [1.82, 2.24) is 0 Å². The van der Waals surface area contributed by atoms with E-state index >= 15 is 0 Å². The van der Waals surface area contributed by atoms with Gasteiger partial charge < -0.3 is 14.6 Å². The molecule has 0 radical (unpaired) electrons. The van der Waals surface area contributed by atoms with Crippen LogP contribution in [0.2, 0.25) is 0 Å². The van der Waals surface area contributed by atoms with E-state index in [-0.39, 0.29) is 6.61 Å². The summed E-state index contributed by atoms with van der Waals surface area (Å²) < 4.78 is 48.4. The molecule has 0 saturated carbocycles. The molecule has 7 heteroatoms. The van der Waals surface area contributed by atoms with Crippen molar-refractivity contribution in [3.05, 3.63) is 12.7 Å². The van der Waals surface area contributed by atoms with E-state index < -0.39 is 29.5 Å². The van der Waals surface area contributed by atoms with E-state index in [1.54, 1.807) is 0 Å². The van der Waals surface area contributed by atoms with Crippen LogP contribution in [0.25, 0.3) is 0 Å². The first-order valence-electron chi connectivity index (χ1n) is 5.66. The fourth-order valence-corrected chi connectivity index (χ4v) is 1.32. The second-order valence-electron chi connectivity index (χ2n) is 4.87. The third-order valence-corrected chi connectivity index (χ3v) is 2.13. The van der Waals surface area contributed by atoms with Crippen LogP contribution in [-0.2, 0) is 14.3 Å². The predicted octanol–water partition coefficient (Wildman–Crippen LogP) is 2.21. The molecule has 1 N–H and O–H groups in total. The molecule has 0 aliphatic heterocycles. The number of aliphatic hydroxyl groups is 1. The summed E-state index contributed by atoms with van der Waals surface area (Å²) in [6, 6.07) is 0. The van der Waals surface area contributed by atoms with Crippen molar-refractivity contribution >= 4 is 5.97 Å². The lowest BCUT2D eigenvalue weighted by Crippen LogP contribution is -2.62. The van der Waals surface area contributed by atoms with Crippen molar-refractivity contribution in [2.75, 3.05) is 6.61 Å². The van der Waals surface area contributed by atoms with Crippen molar-refractivity contribution in [2.24, 2.45) is 0 Å². The Morgan fingerprint density at radius 1 is 1.37 bits per heavy atom. The van der Waals surface area contributed by atoms with Gasteiger partial charge in [0.25, 0.3) is 5.60 Å². The molecule has 0 rings (SSSR count). The molecule has 2 atom stereocenters. The van der Waals surface area contributed by atoms with Gasteiger partial charge in [-0.25, -0.2) is 4.79 Å². The minimum Gasteiger partial charge on any atom is -0.464 e. The quantitative estimate of drug-likeness (QED) is 0.621. The molecule has 2 unspecified atom stereocenters. The van der Waals surface area contributed by atoms with Gasteiger partial charge in [-0.05, 0) is 27.7 Å². The minimum absolute atomic E-state index is 0.295. The Bertz CT molecular complexity index is 333. The van der Waals surface area contributed by atoms with Gasteiger partial charge >= 0.3 is 12.1 Å². The van der Waals surface area contributed by atoms with Crippen molar-refractivity contribution < 1.29 is 32.5 Å². The Hall–Kier alpha value is -1.08. The molecule has 0 aromatic heterocycles. The first-order chi connectivity index (χ1) is 8.40. The van der Waals surface area contributed by atoms with E-state index in [9.17, 15) is 23.1 Å². The standard InChI is InChI=1S/C12H19F3O4/c1-6-8(19-10(3,4)5)11(17,12(13,14)15)9(16)18-7-2/h6,8,17H,1,7H2,2-5H3. The average molecular weight is 284 g/mol. The molecule has 0 amide bonds. The van der Waals surface area contributed by atoms with Gasteiger partial charge in [0.15, 0.2) is 0 Å². The van der Waals surface area contributed by atoms with Crippen LogP contribution in [0.1, 0.15) is 27.7 Å². The lowest BCUT2D eigenvalue weighted by molar-refractivity contribution is -0.293. The number of hydrogen-bond donors (Lipinski definition) is 1. The van der Waals surface area contributed by atoms with Crippen LogP contribution in [0.3, 0.4) is 0 Å². The Morgan fingerprint density at radius 2 is 1.84 bits per heavy atom. The van der Waals surface area contributed by atoms with E-state index in [1.807, 2.05) is 0 Å². The molecule has 0 fully saturated rings. The summed E-state index contributed by atoms with van der Waals surface area (Å²) in [5, 5.41) is 9.77. The van der Waals surface area contributed by atoms with Gasteiger partial charge in [0, 0.05) is 0 Å². The molecule has 0 aliphatic rings. The molecule has 0 aliphatic carbocycles. The van der Waals surface area contributed by atoms with E-state index in [0.29, 0.717) is 0 Å². The molecule has 19 heavy (non-hydrogen) atoms. The Balaban J connectivity index is 5.57. The first-order valence-corrected chi connectivity index (χ1v) is 5.66. The summed E-state index contributed by atoms with van der Waals surface area (Å²) in [6.45, 7) is 8.69. The highest BCUT2D eigenvalue weighted by Crippen LogP contribution is 2.37. The van der Waals surface area contributed by atoms with Crippen molar-refractivity contribution in [3.63, 3.8) is 0 Å². The third kappa shape index (κ3) is 4.21. The molecular formula is C12H19F3O4. The summed E-state index contributed by atoms with van der Waals surface area (Å²) >= 11 is 0. The lowest BCUT2D eigenvalue weighted by Gasteiger charge is -2.36. The van der Waals surface area contributed by atoms with E-state index in [2.05, 4.69) is 11.3 Å². The maximum absolute atomic E-state index is 13.0. The first kappa shape index (κ1) is 17.9. The van der Waals surface area contributed by atoms with Crippen molar-refractivity contribution in [3.8, 4) is 0 Å². The lowest BCUT2D eigenvalue weighted by atomic mass is 9.94. The number of alkyl halides is 3. The van der Waals surface area contributed by atoms with Crippen LogP contribution in [0.5, 0.6) is 0 Å². The number of hydrogen-bond acceptors (Lipinski definition) is 4. The summed E-state index contributed by atoms with van der Waals surface area (Å²) in [5.41, 5.74) is -4.79. The molecule has 0 heterocycles. The predicted molar refractivity (Wildman–Crippen MR) is 62.5 cm³/mol. The Kier molecular flexibility index (Phi) is 5.58. The van der Waals surface area contributed by atoms with Crippen LogP contribution < -0.4 is 0 Å². The normalized spacial score (nSPS) is 17.5. The molecule has 0 aromatic carbocycles. The van der Waals surface area contributed by atoms with Crippen LogP contribution >= 0.6 is 0 Å². The topological polar surface area (TPSA) is 55.8 Å². The zero-order valence-electron chi connectivity index (χ0n) is 11.4. The number of rotatable bonds is 5. The summed E-state index contributed by atoms with van der Waals surface area (Å²) in [5.74, 6) is -1.81. The molecule has 0 spiro atoms. The zero-order valence-corrected chi connectivity index (χ0v) is 11.4. The summed E-state index contributed by atoms with van der Waals surface area (Å²) in [7, 11) is 0. The van der Waals surface area contributed by atoms with Crippen molar-refractivity contribution in [2.45, 2.75) is 51.2 Å². The molecule has 4 nitrogen and oxygen atoms in total. The zero-order chi connectivity index (χ0) is 15.5. The second-order valence-corrected chi connectivity index (χ2v) is 4.87. The smallest absolute Gasteiger partial charge is 0.431 e. The molecule has 112 valence electrons. The molecule has 0 bridgehead atoms. The van der Waals surface area contributed by atoms with Crippen LogP contribution in [0.4, 0.5) is 13.2 Å². The van der Waals surface area contributed by atoms with E-state index in [0.717, 1.165) is 6.08 Å². The average Bonchev–Trinajstić information content (AvgIpc) is 2.22. The van der Waals surface area contributed by atoms with Gasteiger partial charge in [0.1, 0.15) is 6.10 Å². The monoisotopic (exact) mass is 284 g/mol. The molecule has 0 saturated heterocycles. The molecular weight excluding hydrogens is 265 g/mol. The number of carbonyl (C=O) groups is 1. The van der Waals surface area contributed by atoms with Gasteiger partial charge in [-0.15, -0.1) is 6.58 Å². The van der Waals surface area contributed by atoms with Crippen LogP contribution in [-0.4, -0.2) is 41.2 Å². The number of ether oxygens (including phenoxy) is 2.